The number of unbranched alkanes of at least 4 members (excludes halogenated alkanes) is 10. The van der Waals surface area contributed by atoms with Gasteiger partial charge in [-0.1, -0.05) is 106 Å². The molecule has 218 valence electrons. The van der Waals surface area contributed by atoms with E-state index in [0.29, 0.717) is 40.1 Å². The highest BCUT2D eigenvalue weighted by Crippen LogP contribution is 2.33. The zero-order valence-corrected chi connectivity index (χ0v) is 25.5. The summed E-state index contributed by atoms with van der Waals surface area (Å²) in [5, 5.41) is 9.92. The van der Waals surface area contributed by atoms with Gasteiger partial charge in [-0.3, -0.25) is 14.7 Å². The number of carbonyl (C=O) groups is 1. The molecule has 0 saturated carbocycles. The van der Waals surface area contributed by atoms with Gasteiger partial charge in [-0.25, -0.2) is 4.68 Å². The van der Waals surface area contributed by atoms with Gasteiger partial charge in [0.05, 0.1) is 27.9 Å². The first-order chi connectivity index (χ1) is 19.3. The molecular weight excluding hydrogens is 571 g/mol. The van der Waals surface area contributed by atoms with Gasteiger partial charge in [0.1, 0.15) is 17.3 Å². The summed E-state index contributed by atoms with van der Waals surface area (Å²) in [6, 6.07) is 9.67. The zero-order chi connectivity index (χ0) is 28.9. The first kappa shape index (κ1) is 31.9. The number of hydrogen-bond acceptors (Lipinski definition) is 4. The minimum atomic E-state index is -0.371. The van der Waals surface area contributed by atoms with Crippen LogP contribution < -0.4 is 20.9 Å². The molecule has 1 aromatic heterocycles. The largest absolute Gasteiger partial charge is 0.497 e. The van der Waals surface area contributed by atoms with Crippen molar-refractivity contribution < 1.29 is 9.53 Å². The van der Waals surface area contributed by atoms with Crippen molar-refractivity contribution in [2.24, 2.45) is 0 Å². The number of anilines is 3. The third-order valence-corrected chi connectivity index (χ3v) is 7.60. The number of H-pyrrole nitrogens is 1. The molecule has 3 N–H and O–H groups in total. The fourth-order valence-corrected chi connectivity index (χ4v) is 5.32. The molecule has 3 aromatic rings. The molecule has 0 atom stereocenters. The van der Waals surface area contributed by atoms with Crippen LogP contribution >= 0.6 is 34.8 Å². The smallest absolute Gasteiger partial charge is 0.273 e. The number of nitrogens with one attached hydrogen (secondary N) is 3. The van der Waals surface area contributed by atoms with E-state index >= 15 is 0 Å². The molecule has 1 heterocycles. The summed E-state index contributed by atoms with van der Waals surface area (Å²) >= 11 is 19.1. The average Bonchev–Trinajstić information content (AvgIpc) is 3.27. The van der Waals surface area contributed by atoms with Crippen LogP contribution in [0.3, 0.4) is 0 Å². The highest BCUT2D eigenvalue weighted by atomic mass is 35.5. The Morgan fingerprint density at radius 1 is 0.850 bits per heavy atom. The van der Waals surface area contributed by atoms with Crippen molar-refractivity contribution in [3.05, 3.63) is 61.8 Å². The van der Waals surface area contributed by atoms with Crippen molar-refractivity contribution >= 4 is 57.9 Å². The fourth-order valence-electron chi connectivity index (χ4n) is 4.52. The molecule has 0 saturated heterocycles. The summed E-state index contributed by atoms with van der Waals surface area (Å²) < 4.78 is 6.40. The first-order valence-corrected chi connectivity index (χ1v) is 15.2. The Kier molecular flexibility index (Phi) is 13.2. The monoisotopic (exact) mass is 608 g/mol. The minimum absolute atomic E-state index is 0.0347. The third kappa shape index (κ3) is 9.79. The summed E-state index contributed by atoms with van der Waals surface area (Å²) in [4.78, 5) is 25.2. The number of halogens is 3. The molecule has 7 nitrogen and oxygen atoms in total. The number of amides is 1. The SMILES string of the molecule is CCCCCCCCCCCCCC(=O)Nc1ccc(Cl)c(Nc2cc(=O)n(-c3c(Cl)cc(OC)cc3Cl)[nH]2)c1. The van der Waals surface area contributed by atoms with E-state index in [4.69, 9.17) is 39.5 Å². The van der Waals surface area contributed by atoms with Gasteiger partial charge in [0.2, 0.25) is 5.91 Å². The van der Waals surface area contributed by atoms with Gasteiger partial charge in [0.25, 0.3) is 5.56 Å². The summed E-state index contributed by atoms with van der Waals surface area (Å²) in [6.45, 7) is 2.24. The molecule has 1 amide bonds. The molecule has 10 heteroatoms. The molecule has 0 bridgehead atoms. The fraction of sp³-hybridized carbons (Fsp3) is 0.467. The summed E-state index contributed by atoms with van der Waals surface area (Å²) in [6.07, 6.45) is 14.1. The van der Waals surface area contributed by atoms with Crippen LogP contribution in [0, 0.1) is 0 Å². The molecule has 0 fully saturated rings. The Hall–Kier alpha value is -2.61. The molecule has 0 radical (unpaired) electrons. The molecule has 0 aliphatic rings. The molecule has 0 aliphatic carbocycles. The van der Waals surface area contributed by atoms with Crippen LogP contribution in [0.4, 0.5) is 17.2 Å². The van der Waals surface area contributed by atoms with Crippen LogP contribution in [0.15, 0.2) is 41.2 Å². The number of methoxy groups -OCH3 is 1. The average molecular weight is 610 g/mol. The van der Waals surface area contributed by atoms with Gasteiger partial charge in [-0.05, 0) is 24.6 Å². The van der Waals surface area contributed by atoms with Crippen LogP contribution in [0.5, 0.6) is 5.75 Å². The molecule has 0 unspecified atom stereocenters. The molecule has 40 heavy (non-hydrogen) atoms. The highest BCUT2D eigenvalue weighted by Gasteiger charge is 2.15. The molecule has 2 aromatic carbocycles. The van der Waals surface area contributed by atoms with E-state index in [1.165, 1.54) is 75.6 Å². The lowest BCUT2D eigenvalue weighted by atomic mass is 10.1. The number of rotatable bonds is 17. The van der Waals surface area contributed by atoms with Crippen LogP contribution in [0.2, 0.25) is 15.1 Å². The van der Waals surface area contributed by atoms with E-state index < -0.39 is 0 Å². The van der Waals surface area contributed by atoms with Gasteiger partial charge in [0, 0.05) is 30.3 Å². The Morgan fingerprint density at radius 2 is 1.45 bits per heavy atom. The van der Waals surface area contributed by atoms with E-state index in [2.05, 4.69) is 22.7 Å². The van der Waals surface area contributed by atoms with Crippen molar-refractivity contribution in [1.29, 1.82) is 0 Å². The number of aromatic nitrogens is 2. The van der Waals surface area contributed by atoms with Gasteiger partial charge in [0.15, 0.2) is 0 Å². The lowest BCUT2D eigenvalue weighted by Crippen LogP contribution is -2.14. The maximum atomic E-state index is 12.7. The first-order valence-electron chi connectivity index (χ1n) is 14.0. The van der Waals surface area contributed by atoms with Crippen LogP contribution in [0.25, 0.3) is 5.69 Å². The predicted octanol–water partition coefficient (Wildman–Crippen LogP) is 9.52. The highest BCUT2D eigenvalue weighted by molar-refractivity contribution is 6.38. The van der Waals surface area contributed by atoms with E-state index in [-0.39, 0.29) is 21.5 Å². The van der Waals surface area contributed by atoms with E-state index in [9.17, 15) is 9.59 Å². The maximum Gasteiger partial charge on any atom is 0.273 e. The second kappa shape index (κ2) is 16.6. The number of nitrogens with zero attached hydrogens (tertiary/aromatic N) is 1. The quantitative estimate of drug-likeness (QED) is 0.133. The van der Waals surface area contributed by atoms with Crippen molar-refractivity contribution in [2.75, 3.05) is 17.7 Å². The van der Waals surface area contributed by atoms with Crippen LogP contribution in [-0.4, -0.2) is 22.8 Å². The van der Waals surface area contributed by atoms with Gasteiger partial charge in [-0.2, -0.15) is 0 Å². The number of aromatic amines is 1. The van der Waals surface area contributed by atoms with Crippen molar-refractivity contribution in [3.8, 4) is 11.4 Å². The van der Waals surface area contributed by atoms with E-state index in [1.807, 2.05) is 0 Å². The topological polar surface area (TPSA) is 88.2 Å². The second-order valence-electron chi connectivity index (χ2n) is 9.94. The number of ether oxygens (including phenoxy) is 1. The normalized spacial score (nSPS) is 11.0. The molecule has 0 aliphatic heterocycles. The second-order valence-corrected chi connectivity index (χ2v) is 11.2. The molecular formula is C30H39Cl3N4O3. The van der Waals surface area contributed by atoms with Gasteiger partial charge in [-0.15, -0.1) is 0 Å². The number of carbonyl (C=O) groups excluding carboxylic acids is 1. The van der Waals surface area contributed by atoms with Crippen molar-refractivity contribution in [1.82, 2.24) is 9.78 Å². The van der Waals surface area contributed by atoms with E-state index in [0.717, 1.165) is 12.8 Å². The Balaban J connectivity index is 1.49. The summed E-state index contributed by atoms with van der Waals surface area (Å²) in [5.74, 6) is 0.817. The summed E-state index contributed by atoms with van der Waals surface area (Å²) in [5.41, 5.74) is 1.07. The van der Waals surface area contributed by atoms with Crippen LogP contribution in [-0.2, 0) is 4.79 Å². The van der Waals surface area contributed by atoms with E-state index in [1.54, 1.807) is 30.3 Å². The summed E-state index contributed by atoms with van der Waals surface area (Å²) in [7, 11) is 1.50. The van der Waals surface area contributed by atoms with Gasteiger partial charge >= 0.3 is 0 Å². The molecule has 0 spiro atoms. The zero-order valence-electron chi connectivity index (χ0n) is 23.3. The standard InChI is InChI=1S/C30H39Cl3N4O3/c1-3-4-5-6-7-8-9-10-11-12-13-14-28(38)34-21-15-16-23(31)26(17-21)35-27-20-29(39)37(36-27)30-24(32)18-22(40-2)19-25(30)33/h15-20,35-36H,3-14H2,1-2H3,(H,34,38). The third-order valence-electron chi connectivity index (χ3n) is 6.70. The predicted molar refractivity (Wildman–Crippen MR) is 167 cm³/mol. The lowest BCUT2D eigenvalue weighted by Gasteiger charge is -2.12. The van der Waals surface area contributed by atoms with Gasteiger partial charge < -0.3 is 15.4 Å². The van der Waals surface area contributed by atoms with Crippen molar-refractivity contribution in [3.63, 3.8) is 0 Å². The molecule has 3 rings (SSSR count). The Labute approximate surface area is 251 Å². The maximum absolute atomic E-state index is 12.7. The number of benzene rings is 2. The Morgan fingerprint density at radius 3 is 2.05 bits per heavy atom. The van der Waals surface area contributed by atoms with Crippen molar-refractivity contribution in [2.45, 2.75) is 84.0 Å². The Bertz CT molecular complexity index is 1280. The lowest BCUT2D eigenvalue weighted by molar-refractivity contribution is -0.116. The number of hydrogen-bond donors (Lipinski definition) is 3. The van der Waals surface area contributed by atoms with Crippen LogP contribution in [0.1, 0.15) is 84.0 Å². The minimum Gasteiger partial charge on any atom is -0.497 e.